The Labute approximate surface area is 221 Å². The second-order valence-electron chi connectivity index (χ2n) is 11.4. The third kappa shape index (κ3) is 4.78. The van der Waals surface area contributed by atoms with Gasteiger partial charge in [0.25, 0.3) is 10.1 Å². The van der Waals surface area contributed by atoms with Gasteiger partial charge in [0.15, 0.2) is 0 Å². The number of rotatable bonds is 6. The molecule has 0 N–H and O–H groups in total. The predicted octanol–water partition coefficient (Wildman–Crippen LogP) is 6.67. The molecule has 2 bridgehead atoms. The largest absolute Gasteiger partial charge is 0.298 e. The lowest BCUT2D eigenvalue weighted by Gasteiger charge is -2.62. The molecule has 0 amide bonds. The molecule has 194 valence electrons. The van der Waals surface area contributed by atoms with E-state index in [1.165, 1.54) is 30.4 Å². The zero-order valence-corrected chi connectivity index (χ0v) is 22.4. The standard InChI is InChI=1S/C32H37NO3S/c1-24-15-17-27(18-16-24)37(34,35)36-30-23-32(33-19-9-4-10-20-33)21-28(25-11-5-2-6-12-25)31(30)29(22-32)26-13-7-3-8-14-26/h2-3,5-8,11-18,28-31H,4,9-10,19-23H2,1H3/t28-,29-,30+,31?,32?/m0/s1. The van der Waals surface area contributed by atoms with Crippen LogP contribution < -0.4 is 0 Å². The van der Waals surface area contributed by atoms with Crippen molar-refractivity contribution in [3.05, 3.63) is 102 Å². The Kier molecular flexibility index (Phi) is 6.72. The van der Waals surface area contributed by atoms with E-state index in [0.29, 0.717) is 0 Å². The van der Waals surface area contributed by atoms with Gasteiger partial charge < -0.3 is 0 Å². The second kappa shape index (κ2) is 10.0. The molecule has 0 aromatic heterocycles. The normalized spacial score (nSPS) is 30.3. The quantitative estimate of drug-likeness (QED) is 0.344. The van der Waals surface area contributed by atoms with E-state index in [9.17, 15) is 8.42 Å². The highest BCUT2D eigenvalue weighted by atomic mass is 32.2. The summed E-state index contributed by atoms with van der Waals surface area (Å²) in [5.41, 5.74) is 3.57. The Morgan fingerprint density at radius 3 is 1.81 bits per heavy atom. The highest BCUT2D eigenvalue weighted by molar-refractivity contribution is 7.86. The van der Waals surface area contributed by atoms with E-state index < -0.39 is 10.1 Å². The molecule has 4 nitrogen and oxygen atoms in total. The van der Waals surface area contributed by atoms with Crippen molar-refractivity contribution in [3.63, 3.8) is 0 Å². The minimum atomic E-state index is -3.89. The fraction of sp³-hybridized carbons (Fsp3) is 0.438. The van der Waals surface area contributed by atoms with Crippen molar-refractivity contribution in [2.45, 2.75) is 73.8 Å². The minimum absolute atomic E-state index is 0.0658. The fourth-order valence-corrected chi connectivity index (χ4v) is 8.61. The second-order valence-corrected chi connectivity index (χ2v) is 13.0. The molecular weight excluding hydrogens is 478 g/mol. The third-order valence-electron chi connectivity index (χ3n) is 9.18. The molecule has 37 heavy (non-hydrogen) atoms. The van der Waals surface area contributed by atoms with Gasteiger partial charge in [0.05, 0.1) is 11.0 Å². The summed E-state index contributed by atoms with van der Waals surface area (Å²) >= 11 is 0. The van der Waals surface area contributed by atoms with Gasteiger partial charge >= 0.3 is 0 Å². The molecule has 0 spiro atoms. The van der Waals surface area contributed by atoms with Crippen LogP contribution in [-0.4, -0.2) is 38.1 Å². The summed E-state index contributed by atoms with van der Waals surface area (Å²) in [7, 11) is -3.89. The summed E-state index contributed by atoms with van der Waals surface area (Å²) in [6.07, 6.45) is 6.24. The summed E-state index contributed by atoms with van der Waals surface area (Å²) in [6.45, 7) is 4.14. The Balaban J connectivity index is 1.45. The lowest BCUT2D eigenvalue weighted by molar-refractivity contribution is -0.0992. The van der Waals surface area contributed by atoms with Crippen LogP contribution in [0.15, 0.2) is 89.8 Å². The van der Waals surface area contributed by atoms with Crippen LogP contribution in [-0.2, 0) is 14.3 Å². The van der Waals surface area contributed by atoms with Crippen molar-refractivity contribution in [2.24, 2.45) is 5.92 Å². The Bertz CT molecular complexity index is 1250. The fourth-order valence-electron chi connectivity index (χ4n) is 7.51. The molecule has 1 heterocycles. The van der Waals surface area contributed by atoms with Gasteiger partial charge in [-0.1, -0.05) is 84.8 Å². The molecular formula is C32H37NO3S. The van der Waals surface area contributed by atoms with Crippen molar-refractivity contribution < 1.29 is 12.6 Å². The third-order valence-corrected chi connectivity index (χ3v) is 10.5. The van der Waals surface area contributed by atoms with Crippen LogP contribution in [0.5, 0.6) is 0 Å². The van der Waals surface area contributed by atoms with Crippen molar-refractivity contribution in [1.82, 2.24) is 4.90 Å². The van der Waals surface area contributed by atoms with E-state index in [1.807, 2.05) is 19.1 Å². The monoisotopic (exact) mass is 515 g/mol. The number of piperidine rings is 1. The van der Waals surface area contributed by atoms with Gasteiger partial charge in [0, 0.05) is 11.5 Å². The molecule has 1 saturated heterocycles. The number of fused-ring (bicyclic) bond motifs is 3. The van der Waals surface area contributed by atoms with Gasteiger partial charge in [-0.2, -0.15) is 8.42 Å². The summed E-state index contributed by atoms with van der Waals surface area (Å²) < 4.78 is 33.5. The zero-order chi connectivity index (χ0) is 25.5. The first kappa shape index (κ1) is 24.8. The zero-order valence-electron chi connectivity index (χ0n) is 21.6. The summed E-state index contributed by atoms with van der Waals surface area (Å²) in [6, 6.07) is 28.5. The number of hydrogen-bond donors (Lipinski definition) is 0. The molecule has 1 aliphatic heterocycles. The lowest BCUT2D eigenvalue weighted by atomic mass is 9.51. The average Bonchev–Trinajstić information content (AvgIpc) is 2.94. The van der Waals surface area contributed by atoms with Gasteiger partial charge in [0.2, 0.25) is 0 Å². The van der Waals surface area contributed by atoms with E-state index >= 15 is 0 Å². The topological polar surface area (TPSA) is 46.6 Å². The Hall–Kier alpha value is -2.47. The van der Waals surface area contributed by atoms with Crippen molar-refractivity contribution in [1.29, 1.82) is 0 Å². The van der Waals surface area contributed by atoms with Gasteiger partial charge in [-0.15, -0.1) is 0 Å². The molecule has 3 aromatic carbocycles. The maximum Gasteiger partial charge on any atom is 0.297 e. The van der Waals surface area contributed by atoms with E-state index in [1.54, 1.807) is 12.1 Å². The summed E-state index contributed by atoms with van der Waals surface area (Å²) in [4.78, 5) is 2.95. The van der Waals surface area contributed by atoms with Crippen LogP contribution in [0.25, 0.3) is 0 Å². The SMILES string of the molecule is Cc1ccc(S(=O)(=O)O[C@@H]2CC3(N4CCCCC4)C[C@@H](c4ccccc4)C2[C@H](c2ccccc2)C3)cc1. The molecule has 0 unspecified atom stereocenters. The first-order chi connectivity index (χ1) is 18.0. The van der Waals surface area contributed by atoms with Crippen molar-refractivity contribution in [3.8, 4) is 0 Å². The van der Waals surface area contributed by atoms with E-state index in [0.717, 1.165) is 37.9 Å². The molecule has 3 atom stereocenters. The van der Waals surface area contributed by atoms with Crippen LogP contribution >= 0.6 is 0 Å². The molecule has 4 aliphatic rings. The molecule has 3 aromatic rings. The van der Waals surface area contributed by atoms with Crippen LogP contribution in [0, 0.1) is 12.8 Å². The van der Waals surface area contributed by atoms with Gasteiger partial charge in [-0.05, 0) is 87.2 Å². The molecule has 3 saturated carbocycles. The Morgan fingerprint density at radius 2 is 1.27 bits per heavy atom. The van der Waals surface area contributed by atoms with Crippen LogP contribution in [0.1, 0.15) is 67.1 Å². The van der Waals surface area contributed by atoms with E-state index in [4.69, 9.17) is 4.18 Å². The highest BCUT2D eigenvalue weighted by Crippen LogP contribution is 2.61. The molecule has 7 rings (SSSR count). The summed E-state index contributed by atoms with van der Waals surface area (Å²) in [5, 5.41) is 0. The first-order valence-electron chi connectivity index (χ1n) is 13.8. The predicted molar refractivity (Wildman–Crippen MR) is 147 cm³/mol. The first-order valence-corrected chi connectivity index (χ1v) is 15.2. The molecule has 4 fully saturated rings. The molecule has 0 radical (unpaired) electrons. The smallest absolute Gasteiger partial charge is 0.297 e. The van der Waals surface area contributed by atoms with Crippen LogP contribution in [0.3, 0.4) is 0 Å². The highest BCUT2D eigenvalue weighted by Gasteiger charge is 2.59. The van der Waals surface area contributed by atoms with Crippen molar-refractivity contribution in [2.75, 3.05) is 13.1 Å². The van der Waals surface area contributed by atoms with Crippen molar-refractivity contribution >= 4 is 10.1 Å². The van der Waals surface area contributed by atoms with Crippen LogP contribution in [0.4, 0.5) is 0 Å². The summed E-state index contributed by atoms with van der Waals surface area (Å²) in [5.74, 6) is 0.583. The lowest BCUT2D eigenvalue weighted by Crippen LogP contribution is -2.64. The van der Waals surface area contributed by atoms with E-state index in [-0.39, 0.29) is 34.3 Å². The number of benzene rings is 3. The Morgan fingerprint density at radius 1 is 0.730 bits per heavy atom. The van der Waals surface area contributed by atoms with Crippen LogP contribution in [0.2, 0.25) is 0 Å². The maximum absolute atomic E-state index is 13.6. The van der Waals surface area contributed by atoms with Gasteiger partial charge in [-0.3, -0.25) is 9.08 Å². The average molecular weight is 516 g/mol. The number of aryl methyl sites for hydroxylation is 1. The number of hydrogen-bond acceptors (Lipinski definition) is 4. The maximum atomic E-state index is 13.6. The molecule has 3 aliphatic carbocycles. The van der Waals surface area contributed by atoms with Gasteiger partial charge in [-0.25, -0.2) is 0 Å². The van der Waals surface area contributed by atoms with Gasteiger partial charge in [0.1, 0.15) is 0 Å². The van der Waals surface area contributed by atoms with E-state index in [2.05, 4.69) is 65.6 Å². The minimum Gasteiger partial charge on any atom is -0.298 e. The number of likely N-dealkylation sites (tertiary alicyclic amines) is 1. The molecule has 5 heteroatoms. The number of nitrogens with zero attached hydrogens (tertiary/aromatic N) is 1.